The number of fused-ring (bicyclic) bond motifs is 1. The van der Waals surface area contributed by atoms with Crippen LogP contribution in [0.2, 0.25) is 0 Å². The van der Waals surface area contributed by atoms with Crippen molar-refractivity contribution in [3.05, 3.63) is 112 Å². The van der Waals surface area contributed by atoms with Crippen molar-refractivity contribution in [3.8, 4) is 28.4 Å². The van der Waals surface area contributed by atoms with E-state index in [2.05, 4.69) is 9.97 Å². The van der Waals surface area contributed by atoms with Gasteiger partial charge in [-0.2, -0.15) is 0 Å². The Morgan fingerprint density at radius 2 is 1.68 bits per heavy atom. The molecular formula is C32H29N3O6. The molecule has 0 amide bonds. The summed E-state index contributed by atoms with van der Waals surface area (Å²) in [5.74, 6) is 0.980. The van der Waals surface area contributed by atoms with Crippen LogP contribution < -0.4 is 19.8 Å². The largest absolute Gasteiger partial charge is 0.496 e. The van der Waals surface area contributed by atoms with Crippen LogP contribution >= 0.6 is 0 Å². The maximum atomic E-state index is 14.1. The second-order valence-corrected chi connectivity index (χ2v) is 9.29. The number of esters is 1. The van der Waals surface area contributed by atoms with Crippen LogP contribution in [-0.2, 0) is 17.9 Å². The number of rotatable bonds is 9. The van der Waals surface area contributed by atoms with Gasteiger partial charge < -0.3 is 18.9 Å². The van der Waals surface area contributed by atoms with Gasteiger partial charge in [0.2, 0.25) is 0 Å². The molecule has 0 unspecified atom stereocenters. The first-order valence-electron chi connectivity index (χ1n) is 12.9. The van der Waals surface area contributed by atoms with Crippen LogP contribution in [-0.4, -0.2) is 41.8 Å². The number of nitrogens with zero attached hydrogens (tertiary/aromatic N) is 3. The van der Waals surface area contributed by atoms with Gasteiger partial charge in [-0.3, -0.25) is 19.3 Å². The summed E-state index contributed by atoms with van der Waals surface area (Å²) < 4.78 is 23.9. The predicted molar refractivity (Wildman–Crippen MR) is 155 cm³/mol. The Labute approximate surface area is 236 Å². The average Bonchev–Trinajstić information content (AvgIpc) is 3.02. The third-order valence-electron chi connectivity index (χ3n) is 6.84. The smallest absolute Gasteiger partial charge is 0.355 e. The van der Waals surface area contributed by atoms with Crippen molar-refractivity contribution in [2.75, 3.05) is 21.3 Å². The minimum absolute atomic E-state index is 0.0964. The maximum Gasteiger partial charge on any atom is 0.355 e. The molecule has 0 radical (unpaired) electrons. The molecule has 0 spiro atoms. The Morgan fingerprint density at radius 1 is 0.902 bits per heavy atom. The van der Waals surface area contributed by atoms with Gasteiger partial charge in [-0.15, -0.1) is 0 Å². The molecule has 0 fully saturated rings. The SMILES string of the molecule is COC(=O)c1c(-c2cc(OC)c(C)c(OC)c2)c2ccc(OCc3ccccn3)cc2c(=O)n1Cc1cccnc1. The lowest BCUT2D eigenvalue weighted by Gasteiger charge is -2.20. The standard InChI is InChI=1S/C32H29N3O6/c1-20-27(38-2)14-22(15-28(20)39-3)29-25-11-10-24(41-19-23-9-5-6-13-34-23)16-26(25)31(36)35(30(29)32(37)40-4)18-21-8-7-12-33-17-21/h5-17H,18-19H2,1-4H3. The van der Waals surface area contributed by atoms with Crippen LogP contribution in [0.5, 0.6) is 17.2 Å². The summed E-state index contributed by atoms with van der Waals surface area (Å²) in [5.41, 5.74) is 3.15. The third kappa shape index (κ3) is 5.47. The van der Waals surface area contributed by atoms with Crippen LogP contribution in [0.4, 0.5) is 0 Å². The summed E-state index contributed by atoms with van der Waals surface area (Å²) in [4.78, 5) is 36.0. The molecule has 0 bridgehead atoms. The van der Waals surface area contributed by atoms with E-state index in [4.69, 9.17) is 18.9 Å². The average molecular weight is 552 g/mol. The van der Waals surface area contributed by atoms with Crippen molar-refractivity contribution in [2.24, 2.45) is 0 Å². The van der Waals surface area contributed by atoms with E-state index in [9.17, 15) is 9.59 Å². The number of carbonyl (C=O) groups is 1. The normalized spacial score (nSPS) is 10.8. The highest BCUT2D eigenvalue weighted by Crippen LogP contribution is 2.39. The molecule has 9 heteroatoms. The van der Waals surface area contributed by atoms with Crippen LogP contribution in [0.3, 0.4) is 0 Å². The second-order valence-electron chi connectivity index (χ2n) is 9.29. The lowest BCUT2D eigenvalue weighted by Crippen LogP contribution is -2.28. The molecule has 0 saturated carbocycles. The van der Waals surface area contributed by atoms with E-state index in [-0.39, 0.29) is 24.4 Å². The fraction of sp³-hybridized carbons (Fsp3) is 0.188. The highest BCUT2D eigenvalue weighted by Gasteiger charge is 2.26. The zero-order valence-corrected chi connectivity index (χ0v) is 23.2. The highest BCUT2D eigenvalue weighted by atomic mass is 16.5. The zero-order chi connectivity index (χ0) is 28.9. The van der Waals surface area contributed by atoms with Crippen molar-refractivity contribution in [1.82, 2.24) is 14.5 Å². The van der Waals surface area contributed by atoms with E-state index in [1.165, 1.54) is 11.7 Å². The Balaban J connectivity index is 1.79. The molecule has 5 aromatic rings. The Bertz CT molecular complexity index is 1740. The number of aromatic nitrogens is 3. The summed E-state index contributed by atoms with van der Waals surface area (Å²) in [6, 6.07) is 18.1. The van der Waals surface area contributed by atoms with Gasteiger partial charge in [0.15, 0.2) is 0 Å². The van der Waals surface area contributed by atoms with Gasteiger partial charge in [0.05, 0.1) is 39.0 Å². The third-order valence-corrected chi connectivity index (χ3v) is 6.84. The lowest BCUT2D eigenvalue weighted by molar-refractivity contribution is 0.0588. The quantitative estimate of drug-likeness (QED) is 0.231. The summed E-state index contributed by atoms with van der Waals surface area (Å²) in [6.07, 6.45) is 5.00. The molecule has 0 N–H and O–H groups in total. The van der Waals surface area contributed by atoms with E-state index in [0.29, 0.717) is 39.1 Å². The number of ether oxygens (including phenoxy) is 4. The number of methoxy groups -OCH3 is 3. The van der Waals surface area contributed by atoms with E-state index >= 15 is 0 Å². The molecular weight excluding hydrogens is 522 g/mol. The minimum atomic E-state index is -0.656. The fourth-order valence-electron chi connectivity index (χ4n) is 4.82. The maximum absolute atomic E-state index is 14.1. The van der Waals surface area contributed by atoms with Gasteiger partial charge in [-0.05, 0) is 72.0 Å². The van der Waals surface area contributed by atoms with Gasteiger partial charge in [0.1, 0.15) is 29.5 Å². The summed E-state index contributed by atoms with van der Waals surface area (Å²) in [5, 5.41) is 0.921. The zero-order valence-electron chi connectivity index (χ0n) is 23.2. The van der Waals surface area contributed by atoms with E-state index in [1.54, 1.807) is 57.1 Å². The topological polar surface area (TPSA) is 102 Å². The number of carbonyl (C=O) groups excluding carboxylic acids is 1. The van der Waals surface area contributed by atoms with Gasteiger partial charge in [-0.25, -0.2) is 4.79 Å². The Kier molecular flexibility index (Phi) is 7.96. The second kappa shape index (κ2) is 11.9. The van der Waals surface area contributed by atoms with Crippen molar-refractivity contribution in [1.29, 1.82) is 0 Å². The molecule has 5 rings (SSSR count). The molecule has 0 aliphatic rings. The van der Waals surface area contributed by atoms with E-state index in [1.807, 2.05) is 43.3 Å². The Hall–Kier alpha value is -5.18. The molecule has 41 heavy (non-hydrogen) atoms. The number of pyridine rings is 3. The highest BCUT2D eigenvalue weighted by molar-refractivity contribution is 6.07. The Morgan fingerprint density at radius 3 is 2.32 bits per heavy atom. The monoisotopic (exact) mass is 551 g/mol. The molecule has 2 aromatic carbocycles. The van der Waals surface area contributed by atoms with Crippen LogP contribution in [0.25, 0.3) is 21.9 Å². The summed E-state index contributed by atoms with van der Waals surface area (Å²) >= 11 is 0. The molecule has 0 saturated heterocycles. The van der Waals surface area contributed by atoms with Crippen LogP contribution in [0, 0.1) is 6.92 Å². The first-order valence-corrected chi connectivity index (χ1v) is 12.9. The molecule has 9 nitrogen and oxygen atoms in total. The lowest BCUT2D eigenvalue weighted by atomic mass is 9.94. The van der Waals surface area contributed by atoms with E-state index in [0.717, 1.165) is 16.8 Å². The van der Waals surface area contributed by atoms with Gasteiger partial charge in [0, 0.05) is 29.7 Å². The number of hydrogen-bond acceptors (Lipinski definition) is 8. The van der Waals surface area contributed by atoms with Crippen molar-refractivity contribution in [3.63, 3.8) is 0 Å². The molecule has 0 atom stereocenters. The first kappa shape index (κ1) is 27.4. The molecule has 208 valence electrons. The first-order chi connectivity index (χ1) is 19.9. The number of hydrogen-bond donors (Lipinski definition) is 0. The fourth-order valence-corrected chi connectivity index (χ4v) is 4.82. The van der Waals surface area contributed by atoms with Gasteiger partial charge in [-0.1, -0.05) is 12.1 Å². The van der Waals surface area contributed by atoms with Crippen molar-refractivity contribution in [2.45, 2.75) is 20.1 Å². The summed E-state index contributed by atoms with van der Waals surface area (Å²) in [6.45, 7) is 2.21. The number of benzene rings is 2. The van der Waals surface area contributed by atoms with E-state index < -0.39 is 5.97 Å². The van der Waals surface area contributed by atoms with Gasteiger partial charge >= 0.3 is 5.97 Å². The summed E-state index contributed by atoms with van der Waals surface area (Å²) in [7, 11) is 4.43. The predicted octanol–water partition coefficient (Wildman–Crippen LogP) is 5.20. The molecule has 0 aliphatic carbocycles. The van der Waals surface area contributed by atoms with Crippen molar-refractivity contribution >= 4 is 16.7 Å². The van der Waals surface area contributed by atoms with Crippen LogP contribution in [0.15, 0.2) is 84.0 Å². The minimum Gasteiger partial charge on any atom is -0.496 e. The van der Waals surface area contributed by atoms with Gasteiger partial charge in [0.25, 0.3) is 5.56 Å². The molecule has 0 aliphatic heterocycles. The molecule has 3 heterocycles. The molecule has 3 aromatic heterocycles. The van der Waals surface area contributed by atoms with Crippen LogP contribution in [0.1, 0.15) is 27.3 Å². The van der Waals surface area contributed by atoms with Crippen molar-refractivity contribution < 1.29 is 23.7 Å².